The van der Waals surface area contributed by atoms with E-state index in [9.17, 15) is 4.79 Å². The lowest BCUT2D eigenvalue weighted by molar-refractivity contribution is -0.120. The van der Waals surface area contributed by atoms with Gasteiger partial charge in [-0.3, -0.25) is 9.79 Å². The molecular weight excluding hydrogens is 116 g/mol. The summed E-state index contributed by atoms with van der Waals surface area (Å²) >= 11 is 0. The number of nitrogens with one attached hydrogen (secondary N) is 1. The zero-order chi connectivity index (χ0) is 6.69. The first-order valence-corrected chi connectivity index (χ1v) is 3.12. The van der Waals surface area contributed by atoms with Gasteiger partial charge in [-0.2, -0.15) is 0 Å². The van der Waals surface area contributed by atoms with Crippen LogP contribution in [-0.2, 0) is 4.79 Å². The van der Waals surface area contributed by atoms with Gasteiger partial charge in [-0.1, -0.05) is 6.92 Å². The molecule has 1 heterocycles. The Morgan fingerprint density at radius 2 is 2.56 bits per heavy atom. The lowest BCUT2D eigenvalue weighted by Gasteiger charge is -2.09. The Morgan fingerprint density at radius 1 is 1.78 bits per heavy atom. The summed E-state index contributed by atoms with van der Waals surface area (Å²) < 4.78 is 0. The molecule has 0 bridgehead atoms. The molecule has 0 saturated heterocycles. The van der Waals surface area contributed by atoms with E-state index < -0.39 is 0 Å². The third-order valence-electron chi connectivity index (χ3n) is 1.35. The van der Waals surface area contributed by atoms with E-state index in [1.807, 2.05) is 6.92 Å². The lowest BCUT2D eigenvalue weighted by Crippen LogP contribution is -2.30. The lowest BCUT2D eigenvalue weighted by atomic mass is 10.2. The van der Waals surface area contributed by atoms with E-state index in [0.29, 0.717) is 13.1 Å². The maximum Gasteiger partial charge on any atom is 0.227 e. The summed E-state index contributed by atoms with van der Waals surface area (Å²) in [5.41, 5.74) is 1.01. The Hall–Kier alpha value is -0.860. The largest absolute Gasteiger partial charge is 0.337 e. The van der Waals surface area contributed by atoms with Crippen molar-refractivity contribution in [3.05, 3.63) is 0 Å². The maximum atomic E-state index is 10.6. The Morgan fingerprint density at radius 3 is 3.00 bits per heavy atom. The fourth-order valence-electron chi connectivity index (χ4n) is 0.780. The second-order valence-corrected chi connectivity index (χ2v) is 2.01. The fraction of sp³-hybridized carbons (Fsp3) is 0.667. The number of aliphatic imine (C=N–C) groups is 1. The summed E-state index contributed by atoms with van der Waals surface area (Å²) in [6.45, 7) is 2.49. The van der Waals surface area contributed by atoms with E-state index in [1.54, 1.807) is 0 Å². The van der Waals surface area contributed by atoms with E-state index in [2.05, 4.69) is 10.3 Å². The molecule has 3 heteroatoms. The third-order valence-corrected chi connectivity index (χ3v) is 1.35. The van der Waals surface area contributed by atoms with E-state index >= 15 is 0 Å². The molecule has 1 aliphatic rings. The predicted molar refractivity (Wildman–Crippen MR) is 35.4 cm³/mol. The number of rotatable bonds is 1. The van der Waals surface area contributed by atoms with Gasteiger partial charge in [-0.25, -0.2) is 0 Å². The standard InChI is InChI=1S/C6H10N2O/c1-2-5-3-6(9)8-4-7-5/h2-4H2,1H3,(H,8,9). The van der Waals surface area contributed by atoms with Crippen molar-refractivity contribution in [3.8, 4) is 0 Å². The number of nitrogens with zero attached hydrogens (tertiary/aromatic N) is 1. The van der Waals surface area contributed by atoms with E-state index in [-0.39, 0.29) is 5.91 Å². The average molecular weight is 126 g/mol. The molecule has 50 valence electrons. The average Bonchev–Trinajstić information content (AvgIpc) is 1.88. The molecule has 0 radical (unpaired) electrons. The van der Waals surface area contributed by atoms with E-state index in [4.69, 9.17) is 0 Å². The first kappa shape index (κ1) is 6.26. The van der Waals surface area contributed by atoms with Crippen LogP contribution in [0.3, 0.4) is 0 Å². The molecule has 1 N–H and O–H groups in total. The number of carbonyl (C=O) groups excluding carboxylic acids is 1. The predicted octanol–water partition coefficient (Wildman–Crippen LogP) is 0.315. The highest BCUT2D eigenvalue weighted by atomic mass is 16.1. The van der Waals surface area contributed by atoms with Crippen LogP contribution in [0.25, 0.3) is 0 Å². The van der Waals surface area contributed by atoms with Crippen molar-refractivity contribution in [2.45, 2.75) is 19.8 Å². The highest BCUT2D eigenvalue weighted by Gasteiger charge is 2.08. The Bertz CT molecular complexity index is 151. The van der Waals surface area contributed by atoms with Crippen molar-refractivity contribution in [1.29, 1.82) is 0 Å². The molecule has 0 aliphatic carbocycles. The van der Waals surface area contributed by atoms with Crippen LogP contribution in [0, 0.1) is 0 Å². The fourth-order valence-corrected chi connectivity index (χ4v) is 0.780. The van der Waals surface area contributed by atoms with Crippen LogP contribution in [0.2, 0.25) is 0 Å². The van der Waals surface area contributed by atoms with Crippen molar-refractivity contribution >= 4 is 11.6 Å². The molecular formula is C6H10N2O. The van der Waals surface area contributed by atoms with Crippen LogP contribution in [0.1, 0.15) is 19.8 Å². The van der Waals surface area contributed by atoms with Crippen molar-refractivity contribution < 1.29 is 4.79 Å². The third kappa shape index (κ3) is 1.52. The summed E-state index contributed by atoms with van der Waals surface area (Å²) in [5.74, 6) is 0.0989. The molecule has 0 saturated carbocycles. The molecule has 1 rings (SSSR count). The topological polar surface area (TPSA) is 41.5 Å². The summed E-state index contributed by atoms with van der Waals surface area (Å²) in [6, 6.07) is 0. The Kier molecular flexibility index (Phi) is 1.82. The number of amides is 1. The van der Waals surface area contributed by atoms with Gasteiger partial charge in [0.25, 0.3) is 0 Å². The van der Waals surface area contributed by atoms with E-state index in [0.717, 1.165) is 12.1 Å². The van der Waals surface area contributed by atoms with Gasteiger partial charge in [0, 0.05) is 5.71 Å². The minimum absolute atomic E-state index is 0.0989. The van der Waals surface area contributed by atoms with Crippen LogP contribution >= 0.6 is 0 Å². The second-order valence-electron chi connectivity index (χ2n) is 2.01. The van der Waals surface area contributed by atoms with Crippen molar-refractivity contribution in [2.24, 2.45) is 4.99 Å². The van der Waals surface area contributed by atoms with Crippen LogP contribution in [0.4, 0.5) is 0 Å². The Labute approximate surface area is 54.2 Å². The molecule has 0 fully saturated rings. The first-order valence-electron chi connectivity index (χ1n) is 3.12. The molecule has 3 nitrogen and oxygen atoms in total. The first-order chi connectivity index (χ1) is 4.33. The molecule has 9 heavy (non-hydrogen) atoms. The van der Waals surface area contributed by atoms with Gasteiger partial charge in [0.15, 0.2) is 0 Å². The molecule has 1 amide bonds. The summed E-state index contributed by atoms with van der Waals surface area (Å²) in [6.07, 6.45) is 1.39. The number of carbonyl (C=O) groups is 1. The monoisotopic (exact) mass is 126 g/mol. The summed E-state index contributed by atoms with van der Waals surface area (Å²) in [5, 5.41) is 2.62. The van der Waals surface area contributed by atoms with Crippen LogP contribution in [0.5, 0.6) is 0 Å². The quantitative estimate of drug-likeness (QED) is 0.540. The molecule has 1 aliphatic heterocycles. The van der Waals surface area contributed by atoms with Gasteiger partial charge in [0.2, 0.25) is 5.91 Å². The van der Waals surface area contributed by atoms with Crippen LogP contribution < -0.4 is 5.32 Å². The van der Waals surface area contributed by atoms with Gasteiger partial charge in [0.1, 0.15) is 6.67 Å². The molecule has 0 atom stereocenters. The van der Waals surface area contributed by atoms with E-state index in [1.165, 1.54) is 0 Å². The number of hydrogen-bond acceptors (Lipinski definition) is 2. The molecule has 0 aromatic rings. The van der Waals surface area contributed by atoms with Gasteiger partial charge in [-0.05, 0) is 6.42 Å². The van der Waals surface area contributed by atoms with Crippen molar-refractivity contribution in [1.82, 2.24) is 5.32 Å². The van der Waals surface area contributed by atoms with Crippen LogP contribution in [0.15, 0.2) is 4.99 Å². The molecule has 0 spiro atoms. The van der Waals surface area contributed by atoms with Gasteiger partial charge >= 0.3 is 0 Å². The number of hydrogen-bond donors (Lipinski definition) is 1. The Balaban J connectivity index is 2.53. The summed E-state index contributed by atoms with van der Waals surface area (Å²) in [4.78, 5) is 14.7. The highest BCUT2D eigenvalue weighted by molar-refractivity contribution is 6.02. The van der Waals surface area contributed by atoms with Crippen molar-refractivity contribution in [2.75, 3.05) is 6.67 Å². The van der Waals surface area contributed by atoms with Gasteiger partial charge in [0.05, 0.1) is 6.42 Å². The van der Waals surface area contributed by atoms with Gasteiger partial charge in [-0.15, -0.1) is 0 Å². The smallest absolute Gasteiger partial charge is 0.227 e. The minimum Gasteiger partial charge on any atom is -0.337 e. The zero-order valence-electron chi connectivity index (χ0n) is 5.48. The zero-order valence-corrected chi connectivity index (χ0v) is 5.48. The highest BCUT2D eigenvalue weighted by Crippen LogP contribution is 1.96. The normalized spacial score (nSPS) is 18.8. The van der Waals surface area contributed by atoms with Crippen LogP contribution in [-0.4, -0.2) is 18.3 Å². The maximum absolute atomic E-state index is 10.6. The molecule has 0 unspecified atom stereocenters. The molecule has 0 aromatic heterocycles. The van der Waals surface area contributed by atoms with Gasteiger partial charge < -0.3 is 5.32 Å². The SMILES string of the molecule is CCC1=NCNC(=O)C1. The minimum atomic E-state index is 0.0989. The second kappa shape index (κ2) is 2.62. The van der Waals surface area contributed by atoms with Crippen molar-refractivity contribution in [3.63, 3.8) is 0 Å². The molecule has 0 aromatic carbocycles. The summed E-state index contributed by atoms with van der Waals surface area (Å²) in [7, 11) is 0.